The number of nitrogens with one attached hydrogen (secondary N) is 2. The number of aryl methyl sites for hydroxylation is 2. The summed E-state index contributed by atoms with van der Waals surface area (Å²) in [5, 5.41) is 13.3. The lowest BCUT2D eigenvalue weighted by Gasteiger charge is -2.11. The van der Waals surface area contributed by atoms with E-state index in [1.54, 1.807) is 4.52 Å². The minimum atomic E-state index is -0.569. The van der Waals surface area contributed by atoms with Crippen LogP contribution in [0.1, 0.15) is 39.6 Å². The second-order valence-corrected chi connectivity index (χ2v) is 5.63. The van der Waals surface area contributed by atoms with Gasteiger partial charge < -0.3 is 11.1 Å². The summed E-state index contributed by atoms with van der Waals surface area (Å²) in [6.45, 7) is 4.02. The van der Waals surface area contributed by atoms with Crippen molar-refractivity contribution in [2.45, 2.75) is 33.2 Å². The summed E-state index contributed by atoms with van der Waals surface area (Å²) in [6.07, 6.45) is 3.60. The monoisotopic (exact) mass is 342 g/mol. The topological polar surface area (TPSA) is 144 Å². The molecular weight excluding hydrogens is 324 g/mol. The van der Waals surface area contributed by atoms with Gasteiger partial charge in [-0.05, 0) is 25.8 Å². The lowest BCUT2D eigenvalue weighted by Crippen LogP contribution is -2.24. The predicted molar refractivity (Wildman–Crippen MR) is 87.5 cm³/mol. The molecule has 0 atom stereocenters. The Hall–Kier alpha value is -3.30. The van der Waals surface area contributed by atoms with E-state index in [1.165, 1.54) is 12.5 Å². The van der Waals surface area contributed by atoms with Crippen LogP contribution in [0.3, 0.4) is 0 Å². The number of aromatic nitrogens is 6. The highest BCUT2D eigenvalue weighted by Crippen LogP contribution is 2.18. The molecule has 0 radical (unpaired) electrons. The lowest BCUT2D eigenvalue weighted by molar-refractivity contribution is -0.121. The Labute approximate surface area is 142 Å². The smallest absolute Gasteiger partial charge is 0.254 e. The molecule has 10 nitrogen and oxygen atoms in total. The SMILES string of the molecule is Cc1nc2c(C(N)=O)cnn2c(C)c1CCC(=O)NCc1ncn[nH]1. The van der Waals surface area contributed by atoms with Crippen LogP contribution in [0.2, 0.25) is 0 Å². The van der Waals surface area contributed by atoms with Gasteiger partial charge in [-0.25, -0.2) is 14.5 Å². The molecule has 4 N–H and O–H groups in total. The molecule has 3 aromatic heterocycles. The van der Waals surface area contributed by atoms with Crippen molar-refractivity contribution in [3.05, 3.63) is 40.9 Å². The highest BCUT2D eigenvalue weighted by molar-refractivity contribution is 5.98. The number of rotatable bonds is 6. The highest BCUT2D eigenvalue weighted by Gasteiger charge is 2.17. The molecule has 0 bridgehead atoms. The average molecular weight is 342 g/mol. The van der Waals surface area contributed by atoms with E-state index in [-0.39, 0.29) is 11.5 Å². The van der Waals surface area contributed by atoms with Gasteiger partial charge in [-0.2, -0.15) is 10.2 Å². The van der Waals surface area contributed by atoms with Gasteiger partial charge >= 0.3 is 0 Å². The van der Waals surface area contributed by atoms with Crippen molar-refractivity contribution in [3.8, 4) is 0 Å². The van der Waals surface area contributed by atoms with Gasteiger partial charge in [0.2, 0.25) is 5.91 Å². The van der Waals surface area contributed by atoms with Crippen molar-refractivity contribution in [2.75, 3.05) is 0 Å². The molecule has 0 aliphatic carbocycles. The Bertz CT molecular complexity index is 929. The molecule has 130 valence electrons. The fraction of sp³-hybridized carbons (Fsp3) is 0.333. The van der Waals surface area contributed by atoms with E-state index in [0.29, 0.717) is 30.9 Å². The second kappa shape index (κ2) is 6.67. The minimum absolute atomic E-state index is 0.103. The van der Waals surface area contributed by atoms with Crippen molar-refractivity contribution < 1.29 is 9.59 Å². The molecule has 0 aliphatic rings. The third kappa shape index (κ3) is 3.32. The summed E-state index contributed by atoms with van der Waals surface area (Å²) in [4.78, 5) is 31.8. The number of hydrogen-bond acceptors (Lipinski definition) is 6. The summed E-state index contributed by atoms with van der Waals surface area (Å²) in [5.74, 6) is -0.0752. The van der Waals surface area contributed by atoms with E-state index < -0.39 is 5.91 Å². The number of nitrogens with zero attached hydrogens (tertiary/aromatic N) is 5. The van der Waals surface area contributed by atoms with Crippen molar-refractivity contribution in [3.63, 3.8) is 0 Å². The van der Waals surface area contributed by atoms with Crippen molar-refractivity contribution >= 4 is 17.5 Å². The molecule has 0 unspecified atom stereocenters. The van der Waals surface area contributed by atoms with Gasteiger partial charge in [0, 0.05) is 17.8 Å². The van der Waals surface area contributed by atoms with Gasteiger partial charge in [0.25, 0.3) is 5.91 Å². The molecule has 0 fully saturated rings. The molecule has 0 saturated heterocycles. The van der Waals surface area contributed by atoms with Gasteiger partial charge in [-0.3, -0.25) is 14.7 Å². The second-order valence-electron chi connectivity index (χ2n) is 5.63. The molecule has 0 saturated carbocycles. The number of fused-ring (bicyclic) bond motifs is 1. The van der Waals surface area contributed by atoms with Crippen LogP contribution in [0.25, 0.3) is 5.65 Å². The molecule has 0 spiro atoms. The normalized spacial score (nSPS) is 11.0. The first-order chi connectivity index (χ1) is 12.0. The summed E-state index contributed by atoms with van der Waals surface area (Å²) in [6, 6.07) is 0. The fourth-order valence-electron chi connectivity index (χ4n) is 2.67. The van der Waals surface area contributed by atoms with Crippen molar-refractivity contribution in [1.82, 2.24) is 35.1 Å². The van der Waals surface area contributed by atoms with E-state index in [9.17, 15) is 9.59 Å². The molecule has 0 aromatic carbocycles. The zero-order valence-electron chi connectivity index (χ0n) is 13.9. The third-order valence-electron chi connectivity index (χ3n) is 3.99. The summed E-state index contributed by atoms with van der Waals surface area (Å²) >= 11 is 0. The molecule has 0 aliphatic heterocycles. The van der Waals surface area contributed by atoms with Crippen LogP contribution in [0.4, 0.5) is 0 Å². The number of carbonyl (C=O) groups is 2. The van der Waals surface area contributed by atoms with Gasteiger partial charge in [0.1, 0.15) is 17.7 Å². The first-order valence-electron chi connectivity index (χ1n) is 7.72. The average Bonchev–Trinajstić information content (AvgIpc) is 3.21. The number of primary amides is 1. The predicted octanol–water partition coefficient (Wildman–Crippen LogP) is -0.188. The molecule has 3 aromatic rings. The number of carbonyl (C=O) groups excluding carboxylic acids is 2. The summed E-state index contributed by atoms with van der Waals surface area (Å²) in [7, 11) is 0. The molecule has 2 amide bonds. The minimum Gasteiger partial charge on any atom is -0.365 e. The summed E-state index contributed by atoms with van der Waals surface area (Å²) < 4.78 is 1.58. The van der Waals surface area contributed by atoms with Crippen LogP contribution in [-0.2, 0) is 17.8 Å². The standard InChI is InChI=1S/C15H18N8O2/c1-8-10(3-4-13(24)17-6-12-18-7-19-22-12)9(2)23-15(21-8)11(5-20-23)14(16)25/h5,7H,3-4,6H2,1-2H3,(H2,16,25)(H,17,24)(H,18,19,22). The Morgan fingerprint density at radius 1 is 1.36 bits per heavy atom. The quantitative estimate of drug-likeness (QED) is 0.566. The largest absolute Gasteiger partial charge is 0.365 e. The first-order valence-corrected chi connectivity index (χ1v) is 7.72. The lowest BCUT2D eigenvalue weighted by atomic mass is 10.1. The van der Waals surface area contributed by atoms with E-state index in [2.05, 4.69) is 30.6 Å². The van der Waals surface area contributed by atoms with Crippen LogP contribution >= 0.6 is 0 Å². The van der Waals surface area contributed by atoms with Crippen molar-refractivity contribution in [1.29, 1.82) is 0 Å². The Morgan fingerprint density at radius 2 is 2.16 bits per heavy atom. The number of nitrogens with two attached hydrogens (primary N) is 1. The molecule has 10 heteroatoms. The van der Waals surface area contributed by atoms with Crippen LogP contribution < -0.4 is 11.1 Å². The van der Waals surface area contributed by atoms with Crippen LogP contribution in [0, 0.1) is 13.8 Å². The van der Waals surface area contributed by atoms with Gasteiger partial charge in [-0.1, -0.05) is 0 Å². The van der Waals surface area contributed by atoms with E-state index in [1.807, 2.05) is 13.8 Å². The maximum absolute atomic E-state index is 12.0. The number of amides is 2. The molecule has 3 rings (SSSR count). The zero-order valence-corrected chi connectivity index (χ0v) is 13.9. The van der Waals surface area contributed by atoms with Gasteiger partial charge in [-0.15, -0.1) is 0 Å². The molecular formula is C15H18N8O2. The Balaban J connectivity index is 1.73. The number of H-pyrrole nitrogens is 1. The first kappa shape index (κ1) is 16.6. The number of hydrogen-bond donors (Lipinski definition) is 3. The Morgan fingerprint density at radius 3 is 2.84 bits per heavy atom. The Kier molecular flexibility index (Phi) is 4.42. The highest BCUT2D eigenvalue weighted by atomic mass is 16.2. The fourth-order valence-corrected chi connectivity index (χ4v) is 2.67. The van der Waals surface area contributed by atoms with Crippen molar-refractivity contribution in [2.24, 2.45) is 5.73 Å². The van der Waals surface area contributed by atoms with Crippen LogP contribution in [0.15, 0.2) is 12.5 Å². The molecule has 25 heavy (non-hydrogen) atoms. The van der Waals surface area contributed by atoms with Gasteiger partial charge in [0.15, 0.2) is 5.65 Å². The maximum Gasteiger partial charge on any atom is 0.254 e. The zero-order chi connectivity index (χ0) is 18.0. The van der Waals surface area contributed by atoms with E-state index in [0.717, 1.165) is 17.0 Å². The van der Waals surface area contributed by atoms with E-state index in [4.69, 9.17) is 5.73 Å². The summed E-state index contributed by atoms with van der Waals surface area (Å²) in [5.41, 5.74) is 8.54. The van der Waals surface area contributed by atoms with Crippen LogP contribution in [-0.4, -0.2) is 41.6 Å². The third-order valence-corrected chi connectivity index (χ3v) is 3.99. The maximum atomic E-state index is 12.0. The van der Waals surface area contributed by atoms with Crippen LogP contribution in [0.5, 0.6) is 0 Å². The number of aromatic amines is 1. The molecule has 3 heterocycles. The van der Waals surface area contributed by atoms with Gasteiger partial charge in [0.05, 0.1) is 12.7 Å². The van der Waals surface area contributed by atoms with E-state index >= 15 is 0 Å².